The molecule has 0 spiro atoms. The van der Waals surface area contributed by atoms with Gasteiger partial charge in [-0.05, 0) is 12.1 Å². The summed E-state index contributed by atoms with van der Waals surface area (Å²) in [5, 5.41) is 0. The van der Waals surface area contributed by atoms with Gasteiger partial charge in [-0.2, -0.15) is 0 Å². The second kappa shape index (κ2) is 6.57. The first kappa shape index (κ1) is 13.1. The van der Waals surface area contributed by atoms with Gasteiger partial charge in [-0.25, -0.2) is 4.79 Å². The highest BCUT2D eigenvalue weighted by atomic mass is 127. The van der Waals surface area contributed by atoms with Gasteiger partial charge in [-0.15, -0.1) is 0 Å². The summed E-state index contributed by atoms with van der Waals surface area (Å²) in [6.45, 7) is 0.402. The van der Waals surface area contributed by atoms with E-state index in [1.54, 1.807) is 18.2 Å². The molecule has 4 nitrogen and oxygen atoms in total. The quantitative estimate of drug-likeness (QED) is 0.470. The van der Waals surface area contributed by atoms with E-state index in [4.69, 9.17) is 14.2 Å². The van der Waals surface area contributed by atoms with Crippen LogP contribution in [0.5, 0.6) is 11.5 Å². The number of esters is 1. The summed E-state index contributed by atoms with van der Waals surface area (Å²) in [6, 6.07) is 4.95. The van der Waals surface area contributed by atoms with Crippen LogP contribution in [0.4, 0.5) is 0 Å². The summed E-state index contributed by atoms with van der Waals surface area (Å²) < 4.78 is 15.9. The van der Waals surface area contributed by atoms with Gasteiger partial charge in [0.25, 0.3) is 0 Å². The van der Waals surface area contributed by atoms with Crippen LogP contribution in [0.3, 0.4) is 0 Å². The molecule has 1 rings (SSSR count). The molecule has 0 fully saturated rings. The predicted octanol–water partition coefficient (Wildman–Crippen LogP) is 2.30. The van der Waals surface area contributed by atoms with Gasteiger partial charge >= 0.3 is 5.97 Å². The molecule has 0 saturated carbocycles. The number of hydrogen-bond acceptors (Lipinski definition) is 4. The van der Waals surface area contributed by atoms with Gasteiger partial charge in [0.1, 0.15) is 18.1 Å². The maximum absolute atomic E-state index is 11.6. The fourth-order valence-electron chi connectivity index (χ4n) is 1.14. The highest BCUT2D eigenvalue weighted by Gasteiger charge is 2.10. The Hall–Kier alpha value is -0.980. The van der Waals surface area contributed by atoms with Gasteiger partial charge in [0.05, 0.1) is 19.8 Å². The van der Waals surface area contributed by atoms with E-state index in [2.05, 4.69) is 22.6 Å². The fraction of sp³-hybridized carbons (Fsp3) is 0.364. The lowest BCUT2D eigenvalue weighted by Crippen LogP contribution is -2.07. The van der Waals surface area contributed by atoms with Crippen LogP contribution in [0.25, 0.3) is 0 Å². The smallest absolute Gasteiger partial charge is 0.338 e. The number of alkyl halides is 1. The van der Waals surface area contributed by atoms with Crippen molar-refractivity contribution in [3.05, 3.63) is 23.8 Å². The van der Waals surface area contributed by atoms with Gasteiger partial charge in [-0.1, -0.05) is 22.6 Å². The molecule has 0 radical (unpaired) electrons. The molecule has 0 bridgehead atoms. The monoisotopic (exact) mass is 336 g/mol. The van der Waals surface area contributed by atoms with Crippen molar-refractivity contribution in [3.63, 3.8) is 0 Å². The molecule has 0 atom stereocenters. The molecule has 0 amide bonds. The Kier molecular flexibility index (Phi) is 5.37. The van der Waals surface area contributed by atoms with E-state index in [-0.39, 0.29) is 5.97 Å². The first-order valence-electron chi connectivity index (χ1n) is 4.67. The number of carbonyl (C=O) groups is 1. The standard InChI is InChI=1S/C11H13IO4/c1-14-9-5-8(6-10(7-9)15-2)11(13)16-4-3-12/h5-7H,3-4H2,1-2H3. The average molecular weight is 336 g/mol. The third-order valence-electron chi connectivity index (χ3n) is 1.90. The summed E-state index contributed by atoms with van der Waals surface area (Å²) in [4.78, 5) is 11.6. The second-order valence-electron chi connectivity index (χ2n) is 2.93. The third kappa shape index (κ3) is 3.55. The van der Waals surface area contributed by atoms with Crippen molar-refractivity contribution < 1.29 is 19.0 Å². The highest BCUT2D eigenvalue weighted by molar-refractivity contribution is 14.1. The van der Waals surface area contributed by atoms with E-state index in [1.807, 2.05) is 0 Å². The molecule has 0 aliphatic heterocycles. The number of carbonyl (C=O) groups excluding carboxylic acids is 1. The van der Waals surface area contributed by atoms with Crippen molar-refractivity contribution in [1.29, 1.82) is 0 Å². The Labute approximate surface area is 108 Å². The minimum atomic E-state index is -0.367. The van der Waals surface area contributed by atoms with Crippen LogP contribution in [0, 0.1) is 0 Å². The molecule has 0 unspecified atom stereocenters. The summed E-state index contributed by atoms with van der Waals surface area (Å²) in [6.07, 6.45) is 0. The number of methoxy groups -OCH3 is 2. The number of benzene rings is 1. The SMILES string of the molecule is COc1cc(OC)cc(C(=O)OCCI)c1. The Morgan fingerprint density at radius 1 is 1.19 bits per heavy atom. The lowest BCUT2D eigenvalue weighted by atomic mass is 10.2. The molecular weight excluding hydrogens is 323 g/mol. The number of halogens is 1. The van der Waals surface area contributed by atoms with Crippen molar-refractivity contribution in [1.82, 2.24) is 0 Å². The zero-order valence-corrected chi connectivity index (χ0v) is 11.3. The van der Waals surface area contributed by atoms with Gasteiger partial charge < -0.3 is 14.2 Å². The Morgan fingerprint density at radius 2 is 1.75 bits per heavy atom. The molecule has 16 heavy (non-hydrogen) atoms. The minimum Gasteiger partial charge on any atom is -0.497 e. The molecule has 5 heteroatoms. The highest BCUT2D eigenvalue weighted by Crippen LogP contribution is 2.22. The van der Waals surface area contributed by atoms with E-state index in [9.17, 15) is 4.79 Å². The number of rotatable bonds is 5. The van der Waals surface area contributed by atoms with E-state index in [0.29, 0.717) is 23.7 Å². The third-order valence-corrected chi connectivity index (χ3v) is 2.34. The average Bonchev–Trinajstić information content (AvgIpc) is 2.35. The Bertz CT molecular complexity index is 343. The molecule has 0 aliphatic carbocycles. The van der Waals surface area contributed by atoms with Gasteiger partial charge in [-0.3, -0.25) is 0 Å². The molecule has 0 heterocycles. The largest absolute Gasteiger partial charge is 0.497 e. The predicted molar refractivity (Wildman–Crippen MR) is 68.7 cm³/mol. The van der Waals surface area contributed by atoms with Crippen LogP contribution >= 0.6 is 22.6 Å². The molecule has 1 aromatic rings. The summed E-state index contributed by atoms with van der Waals surface area (Å²) in [7, 11) is 3.07. The van der Waals surface area contributed by atoms with Crippen LogP contribution < -0.4 is 9.47 Å². The summed E-state index contributed by atoms with van der Waals surface area (Å²) in [5.74, 6) is 0.774. The van der Waals surface area contributed by atoms with Crippen molar-refractivity contribution in [2.45, 2.75) is 0 Å². The van der Waals surface area contributed by atoms with Crippen LogP contribution in [-0.4, -0.2) is 31.2 Å². The minimum absolute atomic E-state index is 0.367. The second-order valence-corrected chi connectivity index (χ2v) is 4.00. The molecule has 0 aromatic heterocycles. The van der Waals surface area contributed by atoms with Crippen molar-refractivity contribution in [2.24, 2.45) is 0 Å². The number of ether oxygens (including phenoxy) is 3. The van der Waals surface area contributed by atoms with Gasteiger partial charge in [0, 0.05) is 10.5 Å². The fourth-order valence-corrected chi connectivity index (χ4v) is 1.36. The summed E-state index contributed by atoms with van der Waals surface area (Å²) >= 11 is 2.14. The molecule has 0 saturated heterocycles. The summed E-state index contributed by atoms with van der Waals surface area (Å²) in [5.41, 5.74) is 0.432. The van der Waals surface area contributed by atoms with Crippen molar-refractivity contribution in [2.75, 3.05) is 25.3 Å². The van der Waals surface area contributed by atoms with E-state index >= 15 is 0 Å². The molecule has 1 aromatic carbocycles. The normalized spacial score (nSPS) is 9.69. The van der Waals surface area contributed by atoms with E-state index < -0.39 is 0 Å². The topological polar surface area (TPSA) is 44.8 Å². The van der Waals surface area contributed by atoms with Crippen LogP contribution in [-0.2, 0) is 4.74 Å². The Balaban J connectivity index is 2.89. The lowest BCUT2D eigenvalue weighted by molar-refractivity contribution is 0.0532. The van der Waals surface area contributed by atoms with E-state index in [1.165, 1.54) is 14.2 Å². The maximum atomic E-state index is 11.6. The first-order chi connectivity index (χ1) is 7.71. The first-order valence-corrected chi connectivity index (χ1v) is 6.20. The van der Waals surface area contributed by atoms with Crippen molar-refractivity contribution in [3.8, 4) is 11.5 Å². The van der Waals surface area contributed by atoms with E-state index in [0.717, 1.165) is 4.43 Å². The zero-order valence-electron chi connectivity index (χ0n) is 9.16. The molecule has 88 valence electrons. The Morgan fingerprint density at radius 3 is 2.19 bits per heavy atom. The van der Waals surface area contributed by atoms with Gasteiger partial charge in [0.2, 0.25) is 0 Å². The maximum Gasteiger partial charge on any atom is 0.338 e. The zero-order chi connectivity index (χ0) is 12.0. The molecule has 0 N–H and O–H groups in total. The van der Waals surface area contributed by atoms with Crippen LogP contribution in [0.1, 0.15) is 10.4 Å². The number of hydrogen-bond donors (Lipinski definition) is 0. The van der Waals surface area contributed by atoms with Crippen molar-refractivity contribution >= 4 is 28.6 Å². The molecule has 0 aliphatic rings. The van der Waals surface area contributed by atoms with Crippen LogP contribution in [0.15, 0.2) is 18.2 Å². The lowest BCUT2D eigenvalue weighted by Gasteiger charge is -2.07. The van der Waals surface area contributed by atoms with Crippen LogP contribution in [0.2, 0.25) is 0 Å². The van der Waals surface area contributed by atoms with Gasteiger partial charge in [0.15, 0.2) is 0 Å². The molecular formula is C11H13IO4.